The third-order valence-corrected chi connectivity index (χ3v) is 3.26. The minimum Gasteiger partial charge on any atom is -0.358 e. The van der Waals surface area contributed by atoms with Gasteiger partial charge in [-0.3, -0.25) is 0 Å². The van der Waals surface area contributed by atoms with Gasteiger partial charge in [-0.2, -0.15) is 0 Å². The molecule has 3 rings (SSSR count). The first-order valence-corrected chi connectivity index (χ1v) is 6.04. The van der Waals surface area contributed by atoms with Gasteiger partial charge in [0.05, 0.1) is 12.2 Å². The topological polar surface area (TPSA) is 70.5 Å². The smallest absolute Gasteiger partial charge is 0.120 e. The molecule has 0 saturated carbocycles. The fraction of sp³-hybridized carbons (Fsp3) is 0.214. The van der Waals surface area contributed by atoms with E-state index in [0.29, 0.717) is 6.54 Å². The fourth-order valence-corrected chi connectivity index (χ4v) is 2.44. The van der Waals surface area contributed by atoms with Crippen LogP contribution in [0.15, 0.2) is 24.3 Å². The first-order chi connectivity index (χ1) is 8.70. The Morgan fingerprint density at radius 3 is 2.61 bits per heavy atom. The van der Waals surface area contributed by atoms with E-state index in [1.165, 1.54) is 10.9 Å². The lowest BCUT2D eigenvalue weighted by Gasteiger charge is -1.98. The van der Waals surface area contributed by atoms with E-state index in [9.17, 15) is 0 Å². The molecule has 0 fully saturated rings. The van der Waals surface area contributed by atoms with Crippen LogP contribution in [0.1, 0.15) is 17.2 Å². The van der Waals surface area contributed by atoms with E-state index in [-0.39, 0.29) is 0 Å². The zero-order valence-corrected chi connectivity index (χ0v) is 10.5. The van der Waals surface area contributed by atoms with Gasteiger partial charge < -0.3 is 15.7 Å². The second kappa shape index (κ2) is 3.99. The van der Waals surface area contributed by atoms with Crippen molar-refractivity contribution in [3.05, 3.63) is 41.5 Å². The van der Waals surface area contributed by atoms with Gasteiger partial charge in [-0.25, -0.2) is 4.98 Å². The molecule has 2 heterocycles. The number of para-hydroxylation sites is 1. The number of fused-ring (bicyclic) bond motifs is 1. The highest BCUT2D eigenvalue weighted by Crippen LogP contribution is 2.32. The van der Waals surface area contributed by atoms with Crippen LogP contribution in [0, 0.1) is 13.8 Å². The van der Waals surface area contributed by atoms with Gasteiger partial charge >= 0.3 is 0 Å². The van der Waals surface area contributed by atoms with Crippen molar-refractivity contribution >= 4 is 10.9 Å². The highest BCUT2D eigenvalue weighted by Gasteiger charge is 2.15. The number of nitrogens with two attached hydrogens (primary N) is 1. The van der Waals surface area contributed by atoms with E-state index < -0.39 is 0 Å². The normalized spacial score (nSPS) is 11.3. The maximum absolute atomic E-state index is 5.63. The summed E-state index contributed by atoms with van der Waals surface area (Å²) in [5, 5.41) is 1.20. The Morgan fingerprint density at radius 2 is 1.89 bits per heavy atom. The van der Waals surface area contributed by atoms with Crippen molar-refractivity contribution in [2.75, 3.05) is 0 Å². The van der Waals surface area contributed by atoms with E-state index in [0.717, 1.165) is 28.4 Å². The van der Waals surface area contributed by atoms with Crippen LogP contribution in [0.2, 0.25) is 0 Å². The number of nitrogens with zero attached hydrogens (tertiary/aromatic N) is 1. The molecule has 2 aromatic heterocycles. The number of H-pyrrole nitrogens is 2. The Labute approximate surface area is 105 Å². The molecule has 4 heteroatoms. The van der Waals surface area contributed by atoms with Crippen molar-refractivity contribution in [1.82, 2.24) is 15.0 Å². The van der Waals surface area contributed by atoms with Crippen LogP contribution in [0.5, 0.6) is 0 Å². The standard InChI is InChI=1S/C14H16N4/c1-8-13(10-5-3-4-6-11(10)16-8)14-9(2)17-12(7-15)18-14/h3-6,16H,7,15H2,1-2H3,(H,17,18). The summed E-state index contributed by atoms with van der Waals surface area (Å²) in [5.74, 6) is 0.826. The van der Waals surface area contributed by atoms with Crippen molar-refractivity contribution in [3.63, 3.8) is 0 Å². The number of aryl methyl sites for hydroxylation is 2. The molecule has 0 spiro atoms. The molecule has 0 amide bonds. The van der Waals surface area contributed by atoms with Crippen LogP contribution in [0.3, 0.4) is 0 Å². The van der Waals surface area contributed by atoms with Gasteiger partial charge in [0.15, 0.2) is 0 Å². The number of benzene rings is 1. The van der Waals surface area contributed by atoms with Gasteiger partial charge in [-0.05, 0) is 19.9 Å². The molecule has 0 aliphatic carbocycles. The van der Waals surface area contributed by atoms with Crippen molar-refractivity contribution in [3.8, 4) is 11.3 Å². The molecule has 0 aliphatic rings. The van der Waals surface area contributed by atoms with Crippen molar-refractivity contribution in [2.24, 2.45) is 5.73 Å². The second-order valence-electron chi connectivity index (χ2n) is 4.53. The molecular formula is C14H16N4. The number of nitrogens with one attached hydrogen (secondary N) is 2. The molecule has 1 aromatic carbocycles. The monoisotopic (exact) mass is 240 g/mol. The zero-order chi connectivity index (χ0) is 12.7. The minimum atomic E-state index is 0.433. The predicted molar refractivity (Wildman–Crippen MR) is 73.2 cm³/mol. The van der Waals surface area contributed by atoms with Crippen molar-refractivity contribution in [2.45, 2.75) is 20.4 Å². The Bertz CT molecular complexity index is 706. The predicted octanol–water partition coefficient (Wildman–Crippen LogP) is 2.63. The summed E-state index contributed by atoms with van der Waals surface area (Å²) in [4.78, 5) is 11.2. The molecule has 3 aromatic rings. The maximum atomic E-state index is 5.63. The average Bonchev–Trinajstić information content (AvgIpc) is 2.88. The third kappa shape index (κ3) is 1.54. The first kappa shape index (κ1) is 11.0. The summed E-state index contributed by atoms with van der Waals surface area (Å²) >= 11 is 0. The Kier molecular flexibility index (Phi) is 2.45. The quantitative estimate of drug-likeness (QED) is 0.644. The lowest BCUT2D eigenvalue weighted by molar-refractivity contribution is 0.944. The van der Waals surface area contributed by atoms with E-state index in [4.69, 9.17) is 5.73 Å². The Balaban J connectivity index is 2.30. The molecule has 0 aliphatic heterocycles. The highest BCUT2D eigenvalue weighted by molar-refractivity contribution is 5.96. The molecule has 18 heavy (non-hydrogen) atoms. The molecule has 0 atom stereocenters. The minimum absolute atomic E-state index is 0.433. The SMILES string of the molecule is Cc1[nH]c(CN)nc1-c1c(C)[nH]c2ccccc12. The number of rotatable bonds is 2. The molecule has 0 unspecified atom stereocenters. The molecule has 0 radical (unpaired) electrons. The largest absolute Gasteiger partial charge is 0.358 e. The molecule has 0 saturated heterocycles. The number of aromatic amines is 2. The number of aromatic nitrogens is 3. The van der Waals surface area contributed by atoms with E-state index in [1.807, 2.05) is 19.1 Å². The van der Waals surface area contributed by atoms with Crippen LogP contribution in [-0.4, -0.2) is 15.0 Å². The first-order valence-electron chi connectivity index (χ1n) is 6.04. The summed E-state index contributed by atoms with van der Waals surface area (Å²) < 4.78 is 0. The van der Waals surface area contributed by atoms with E-state index in [1.54, 1.807) is 0 Å². The number of hydrogen-bond acceptors (Lipinski definition) is 2. The summed E-state index contributed by atoms with van der Waals surface area (Å²) in [6.07, 6.45) is 0. The molecule has 0 bridgehead atoms. The lowest BCUT2D eigenvalue weighted by atomic mass is 10.1. The van der Waals surface area contributed by atoms with Crippen LogP contribution in [0.4, 0.5) is 0 Å². The molecule has 92 valence electrons. The van der Waals surface area contributed by atoms with Gasteiger partial charge in [-0.15, -0.1) is 0 Å². The second-order valence-corrected chi connectivity index (χ2v) is 4.53. The Morgan fingerprint density at radius 1 is 1.11 bits per heavy atom. The van der Waals surface area contributed by atoms with E-state index in [2.05, 4.69) is 34.0 Å². The van der Waals surface area contributed by atoms with Crippen molar-refractivity contribution in [1.29, 1.82) is 0 Å². The summed E-state index contributed by atoms with van der Waals surface area (Å²) in [6, 6.07) is 8.28. The van der Waals surface area contributed by atoms with Gasteiger partial charge in [0, 0.05) is 27.9 Å². The van der Waals surface area contributed by atoms with Gasteiger partial charge in [0.2, 0.25) is 0 Å². The summed E-state index contributed by atoms with van der Waals surface area (Å²) in [5.41, 5.74) is 11.1. The maximum Gasteiger partial charge on any atom is 0.120 e. The highest BCUT2D eigenvalue weighted by atomic mass is 15.0. The fourth-order valence-electron chi connectivity index (χ4n) is 2.44. The van der Waals surface area contributed by atoms with Crippen molar-refractivity contribution < 1.29 is 0 Å². The molecule has 4 N–H and O–H groups in total. The summed E-state index contributed by atoms with van der Waals surface area (Å²) in [6.45, 7) is 4.54. The summed E-state index contributed by atoms with van der Waals surface area (Å²) in [7, 11) is 0. The third-order valence-electron chi connectivity index (χ3n) is 3.26. The number of hydrogen-bond donors (Lipinski definition) is 3. The van der Waals surface area contributed by atoms with Crippen LogP contribution >= 0.6 is 0 Å². The van der Waals surface area contributed by atoms with Gasteiger partial charge in [0.1, 0.15) is 5.82 Å². The van der Waals surface area contributed by atoms with Crippen LogP contribution in [-0.2, 0) is 6.54 Å². The molecular weight excluding hydrogens is 224 g/mol. The zero-order valence-electron chi connectivity index (χ0n) is 10.5. The lowest BCUT2D eigenvalue weighted by Crippen LogP contribution is -1.97. The van der Waals surface area contributed by atoms with E-state index >= 15 is 0 Å². The molecule has 4 nitrogen and oxygen atoms in total. The average molecular weight is 240 g/mol. The van der Waals surface area contributed by atoms with Crippen LogP contribution in [0.25, 0.3) is 22.2 Å². The van der Waals surface area contributed by atoms with Gasteiger partial charge in [-0.1, -0.05) is 18.2 Å². The van der Waals surface area contributed by atoms with Gasteiger partial charge in [0.25, 0.3) is 0 Å². The Hall–Kier alpha value is -2.07. The van der Waals surface area contributed by atoms with Crippen LogP contribution < -0.4 is 5.73 Å². The number of imidazole rings is 1.